The fraction of sp³-hybridized carbons (Fsp3) is 0.500. The number of hydrogen-bond acceptors (Lipinski definition) is 2. The smallest absolute Gasteiger partial charge is 0.159 e. The summed E-state index contributed by atoms with van der Waals surface area (Å²) in [6, 6.07) is 4.79. The first-order valence-corrected chi connectivity index (χ1v) is 7.08. The summed E-state index contributed by atoms with van der Waals surface area (Å²) >= 11 is 1.58. The molecular weight excluding hydrogens is 235 g/mol. The SMILES string of the molecule is CC(=O)c1ccc(SCC2CCCC2)c(F)c1. The van der Waals surface area contributed by atoms with Gasteiger partial charge in [0, 0.05) is 16.2 Å². The van der Waals surface area contributed by atoms with Crippen LogP contribution in [0, 0.1) is 11.7 Å². The molecule has 1 aromatic rings. The first kappa shape index (κ1) is 12.6. The monoisotopic (exact) mass is 252 g/mol. The van der Waals surface area contributed by atoms with Gasteiger partial charge in [0.05, 0.1) is 0 Å². The lowest BCUT2D eigenvalue weighted by atomic mass is 10.1. The molecule has 1 aliphatic carbocycles. The first-order valence-electron chi connectivity index (χ1n) is 6.10. The second-order valence-corrected chi connectivity index (χ2v) is 5.72. The number of rotatable bonds is 4. The molecular formula is C14H17FOS. The van der Waals surface area contributed by atoms with Crippen molar-refractivity contribution in [2.75, 3.05) is 5.75 Å². The molecule has 1 aromatic carbocycles. The Kier molecular flexibility index (Phi) is 4.21. The Balaban J connectivity index is 1.98. The first-order chi connectivity index (χ1) is 8.16. The minimum atomic E-state index is -0.263. The third-order valence-electron chi connectivity index (χ3n) is 3.29. The molecule has 1 saturated carbocycles. The molecule has 0 radical (unpaired) electrons. The van der Waals surface area contributed by atoms with Gasteiger partial charge in [-0.1, -0.05) is 18.9 Å². The molecule has 0 atom stereocenters. The third kappa shape index (κ3) is 3.32. The second-order valence-electron chi connectivity index (χ2n) is 4.66. The highest BCUT2D eigenvalue weighted by atomic mass is 32.2. The molecule has 0 heterocycles. The van der Waals surface area contributed by atoms with Gasteiger partial charge in [-0.3, -0.25) is 4.79 Å². The molecule has 0 unspecified atom stereocenters. The van der Waals surface area contributed by atoms with Crippen LogP contribution in [0.15, 0.2) is 23.1 Å². The Morgan fingerprint density at radius 1 is 1.41 bits per heavy atom. The molecule has 0 amide bonds. The highest BCUT2D eigenvalue weighted by molar-refractivity contribution is 7.99. The number of hydrogen-bond donors (Lipinski definition) is 0. The van der Waals surface area contributed by atoms with Crippen LogP contribution >= 0.6 is 11.8 Å². The van der Waals surface area contributed by atoms with Crippen LogP contribution in [0.5, 0.6) is 0 Å². The lowest BCUT2D eigenvalue weighted by Crippen LogP contribution is -1.98. The van der Waals surface area contributed by atoms with E-state index in [2.05, 4.69) is 0 Å². The Labute approximate surface area is 106 Å². The fourth-order valence-corrected chi connectivity index (χ4v) is 3.33. The van der Waals surface area contributed by atoms with Gasteiger partial charge in [-0.05, 0) is 37.8 Å². The molecule has 0 aliphatic heterocycles. The zero-order chi connectivity index (χ0) is 12.3. The fourth-order valence-electron chi connectivity index (χ4n) is 2.22. The summed E-state index contributed by atoms with van der Waals surface area (Å²) in [4.78, 5) is 11.8. The van der Waals surface area contributed by atoms with Gasteiger partial charge in [-0.25, -0.2) is 4.39 Å². The molecule has 17 heavy (non-hydrogen) atoms. The third-order valence-corrected chi connectivity index (χ3v) is 4.57. The van der Waals surface area contributed by atoms with Gasteiger partial charge in [-0.15, -0.1) is 11.8 Å². The van der Waals surface area contributed by atoms with E-state index in [1.165, 1.54) is 38.7 Å². The molecule has 1 aliphatic rings. The van der Waals surface area contributed by atoms with Crippen LogP contribution in [0.4, 0.5) is 4.39 Å². The number of ketones is 1. The summed E-state index contributed by atoms with van der Waals surface area (Å²) in [5.74, 6) is 1.39. The minimum absolute atomic E-state index is 0.0868. The van der Waals surface area contributed by atoms with Crippen LogP contribution in [0.1, 0.15) is 43.0 Å². The van der Waals surface area contributed by atoms with E-state index < -0.39 is 0 Å². The summed E-state index contributed by atoms with van der Waals surface area (Å²) < 4.78 is 13.7. The maximum Gasteiger partial charge on any atom is 0.159 e. The zero-order valence-corrected chi connectivity index (χ0v) is 10.9. The van der Waals surface area contributed by atoms with Crippen LogP contribution in [0.25, 0.3) is 0 Å². The summed E-state index contributed by atoms with van der Waals surface area (Å²) in [6.07, 6.45) is 5.19. The predicted molar refractivity (Wildman–Crippen MR) is 69.1 cm³/mol. The molecule has 1 fully saturated rings. The van der Waals surface area contributed by atoms with E-state index in [0.717, 1.165) is 11.7 Å². The van der Waals surface area contributed by atoms with E-state index >= 15 is 0 Å². The number of Topliss-reactive ketones (excluding diaryl/α,β-unsaturated/α-hetero) is 1. The number of halogens is 1. The molecule has 1 nitrogen and oxygen atoms in total. The topological polar surface area (TPSA) is 17.1 Å². The van der Waals surface area contributed by atoms with Crippen molar-refractivity contribution in [3.05, 3.63) is 29.6 Å². The number of thioether (sulfide) groups is 1. The van der Waals surface area contributed by atoms with Gasteiger partial charge in [0.1, 0.15) is 5.82 Å². The molecule has 0 N–H and O–H groups in total. The molecule has 0 aromatic heterocycles. The van der Waals surface area contributed by atoms with Crippen molar-refractivity contribution in [3.63, 3.8) is 0 Å². The van der Waals surface area contributed by atoms with Crippen molar-refractivity contribution in [3.8, 4) is 0 Å². The van der Waals surface area contributed by atoms with Crippen LogP contribution in [0.2, 0.25) is 0 Å². The van der Waals surface area contributed by atoms with Crippen molar-refractivity contribution >= 4 is 17.5 Å². The van der Waals surface area contributed by atoms with Crippen LogP contribution in [0.3, 0.4) is 0 Å². The maximum absolute atomic E-state index is 13.7. The molecule has 0 saturated heterocycles. The Morgan fingerprint density at radius 2 is 2.12 bits per heavy atom. The normalized spacial score (nSPS) is 16.4. The Morgan fingerprint density at radius 3 is 2.71 bits per heavy atom. The highest BCUT2D eigenvalue weighted by Gasteiger charge is 2.16. The van der Waals surface area contributed by atoms with Gasteiger partial charge in [0.2, 0.25) is 0 Å². The highest BCUT2D eigenvalue weighted by Crippen LogP contribution is 2.32. The summed E-state index contributed by atoms with van der Waals surface area (Å²) in [5, 5.41) is 0. The van der Waals surface area contributed by atoms with Crippen molar-refractivity contribution in [1.82, 2.24) is 0 Å². The lowest BCUT2D eigenvalue weighted by molar-refractivity contribution is 0.101. The minimum Gasteiger partial charge on any atom is -0.295 e. The molecule has 0 spiro atoms. The second kappa shape index (κ2) is 5.67. The van der Waals surface area contributed by atoms with Crippen molar-refractivity contribution in [2.45, 2.75) is 37.5 Å². The van der Waals surface area contributed by atoms with Gasteiger partial charge in [0.25, 0.3) is 0 Å². The van der Waals surface area contributed by atoms with E-state index in [0.29, 0.717) is 10.5 Å². The summed E-state index contributed by atoms with van der Waals surface area (Å²) in [6.45, 7) is 1.46. The van der Waals surface area contributed by atoms with Crippen LogP contribution < -0.4 is 0 Å². The zero-order valence-electron chi connectivity index (χ0n) is 10.0. The van der Waals surface area contributed by atoms with E-state index in [1.807, 2.05) is 0 Å². The lowest BCUT2D eigenvalue weighted by Gasteiger charge is -2.09. The average Bonchev–Trinajstić information content (AvgIpc) is 2.80. The average molecular weight is 252 g/mol. The molecule has 92 valence electrons. The van der Waals surface area contributed by atoms with Gasteiger partial charge in [-0.2, -0.15) is 0 Å². The van der Waals surface area contributed by atoms with Gasteiger partial charge >= 0.3 is 0 Å². The number of benzene rings is 1. The standard InChI is InChI=1S/C14H17FOS/c1-10(16)12-6-7-14(13(15)8-12)17-9-11-4-2-3-5-11/h6-8,11H,2-5,9H2,1H3. The van der Waals surface area contributed by atoms with E-state index in [1.54, 1.807) is 23.9 Å². The summed E-state index contributed by atoms with van der Waals surface area (Å²) in [7, 11) is 0. The molecule has 2 rings (SSSR count). The Bertz CT molecular complexity index is 411. The van der Waals surface area contributed by atoms with Crippen LogP contribution in [-0.4, -0.2) is 11.5 Å². The van der Waals surface area contributed by atoms with Crippen molar-refractivity contribution in [1.29, 1.82) is 0 Å². The van der Waals surface area contributed by atoms with Crippen molar-refractivity contribution in [2.24, 2.45) is 5.92 Å². The van der Waals surface area contributed by atoms with Crippen LogP contribution in [-0.2, 0) is 0 Å². The van der Waals surface area contributed by atoms with E-state index in [9.17, 15) is 9.18 Å². The maximum atomic E-state index is 13.7. The van der Waals surface area contributed by atoms with Gasteiger partial charge in [0.15, 0.2) is 5.78 Å². The summed E-state index contributed by atoms with van der Waals surface area (Å²) in [5.41, 5.74) is 0.452. The molecule has 0 bridgehead atoms. The quantitative estimate of drug-likeness (QED) is 0.586. The van der Waals surface area contributed by atoms with E-state index in [4.69, 9.17) is 0 Å². The van der Waals surface area contributed by atoms with E-state index in [-0.39, 0.29) is 11.6 Å². The number of carbonyl (C=O) groups excluding carboxylic acids is 1. The molecule has 3 heteroatoms. The predicted octanol–water partition coefficient (Wildman–Crippen LogP) is 4.31. The Hall–Kier alpha value is -0.830. The van der Waals surface area contributed by atoms with Gasteiger partial charge < -0.3 is 0 Å². The number of carbonyl (C=O) groups is 1. The van der Waals surface area contributed by atoms with Crippen molar-refractivity contribution < 1.29 is 9.18 Å². The largest absolute Gasteiger partial charge is 0.295 e.